The molecule has 0 aliphatic rings. The molecule has 0 atom stereocenters. The average molecular weight is 341 g/mol. The Morgan fingerprint density at radius 3 is 1.39 bits per heavy atom. The molecule has 0 radical (unpaired) electrons. The Kier molecular flexibility index (Phi) is 14.2. The zero-order valence-electron chi connectivity index (χ0n) is 16.9. The maximum absolute atomic E-state index is 4.39. The number of hydrogen-bond acceptors (Lipinski definition) is 2. The predicted molar refractivity (Wildman–Crippen MR) is 109 cm³/mol. The summed E-state index contributed by atoms with van der Waals surface area (Å²) in [6.45, 7) is 21.0. The Bertz CT molecular complexity index is 263. The molecule has 0 spiro atoms. The van der Waals surface area contributed by atoms with Gasteiger partial charge < -0.3 is 9.13 Å². The van der Waals surface area contributed by atoms with Crippen LogP contribution in [0.5, 0.6) is 0 Å². The van der Waals surface area contributed by atoms with Crippen LogP contribution in [0.1, 0.15) is 86.0 Å². The van der Waals surface area contributed by atoms with Crippen LogP contribution in [0.25, 0.3) is 0 Å². The Hall–Kier alpha value is -0.123. The molecule has 0 aromatic heterocycles. The van der Waals surface area contributed by atoms with Gasteiger partial charge in [0.25, 0.3) is 0 Å². The van der Waals surface area contributed by atoms with Crippen molar-refractivity contribution in [2.75, 3.05) is 26.2 Å². The molecule has 138 valence electrons. The van der Waals surface area contributed by atoms with E-state index >= 15 is 0 Å². The Labute approximate surface area is 148 Å². The molecule has 3 heteroatoms. The van der Waals surface area contributed by atoms with Gasteiger partial charge in [0.05, 0.1) is 0 Å². The van der Waals surface area contributed by atoms with Crippen molar-refractivity contribution in [2.24, 2.45) is 0 Å². The monoisotopic (exact) mass is 340 g/mol. The van der Waals surface area contributed by atoms with Crippen molar-refractivity contribution in [2.45, 2.75) is 92.0 Å². The molecule has 0 saturated carbocycles. The standard InChI is InChI=1S/C20H44N2Si/c1-7-13-18-21(16-10-4)23(12-6,20-15-9-3)22(17-11-5)19-14-8-2/h12H,6-11,13-20H2,1-5H3. The molecule has 0 rings (SSSR count). The van der Waals surface area contributed by atoms with Crippen molar-refractivity contribution in [3.8, 4) is 0 Å². The Morgan fingerprint density at radius 1 is 0.652 bits per heavy atom. The molecule has 0 amide bonds. The van der Waals surface area contributed by atoms with Crippen LogP contribution in [-0.2, 0) is 0 Å². The van der Waals surface area contributed by atoms with Crippen LogP contribution >= 0.6 is 0 Å². The zero-order chi connectivity index (χ0) is 17.6. The number of nitrogens with zero attached hydrogens (tertiary/aromatic N) is 2. The summed E-state index contributed by atoms with van der Waals surface area (Å²) in [4.78, 5) is 0. The van der Waals surface area contributed by atoms with Gasteiger partial charge >= 0.3 is 0 Å². The van der Waals surface area contributed by atoms with Gasteiger partial charge in [-0.2, -0.15) is 0 Å². The number of unbranched alkanes of at least 4 members (excludes halogenated alkanes) is 3. The lowest BCUT2D eigenvalue weighted by Crippen LogP contribution is -2.65. The lowest BCUT2D eigenvalue weighted by molar-refractivity contribution is 0.314. The van der Waals surface area contributed by atoms with E-state index in [1.165, 1.54) is 83.6 Å². The summed E-state index contributed by atoms with van der Waals surface area (Å²) in [5, 5.41) is 0. The van der Waals surface area contributed by atoms with Gasteiger partial charge in [-0.05, 0) is 57.9 Å². The van der Waals surface area contributed by atoms with Gasteiger partial charge in [0, 0.05) is 0 Å². The second kappa shape index (κ2) is 14.2. The molecule has 0 bridgehead atoms. The molecule has 0 aliphatic carbocycles. The minimum absolute atomic E-state index is 1.24. The molecular weight excluding hydrogens is 296 g/mol. The van der Waals surface area contributed by atoms with E-state index in [2.05, 4.69) is 56.0 Å². The molecule has 0 N–H and O–H groups in total. The normalized spacial score (nSPS) is 12.3. The summed E-state index contributed by atoms with van der Waals surface area (Å²) in [7, 11) is -1.74. The molecular formula is C20H44N2Si. The fourth-order valence-corrected chi connectivity index (χ4v) is 8.49. The van der Waals surface area contributed by atoms with Gasteiger partial charge in [-0.15, -0.1) is 6.58 Å². The molecule has 0 aliphatic heterocycles. The quantitative estimate of drug-likeness (QED) is 0.319. The first kappa shape index (κ1) is 22.9. The van der Waals surface area contributed by atoms with Crippen molar-refractivity contribution in [1.29, 1.82) is 0 Å². The molecule has 2 nitrogen and oxygen atoms in total. The summed E-state index contributed by atoms with van der Waals surface area (Å²) in [5.41, 5.74) is 2.42. The van der Waals surface area contributed by atoms with Crippen molar-refractivity contribution < 1.29 is 0 Å². The smallest absolute Gasteiger partial charge is 0.231 e. The summed E-state index contributed by atoms with van der Waals surface area (Å²) < 4.78 is 5.76. The van der Waals surface area contributed by atoms with Crippen molar-refractivity contribution in [1.82, 2.24) is 9.13 Å². The third kappa shape index (κ3) is 7.53. The van der Waals surface area contributed by atoms with E-state index in [1.54, 1.807) is 0 Å². The second-order valence-electron chi connectivity index (χ2n) is 6.87. The number of rotatable bonds is 16. The van der Waals surface area contributed by atoms with Crippen molar-refractivity contribution in [3.63, 3.8) is 0 Å². The maximum Gasteiger partial charge on any atom is 0.231 e. The lowest BCUT2D eigenvalue weighted by Gasteiger charge is -2.48. The second-order valence-corrected chi connectivity index (χ2v) is 10.8. The summed E-state index contributed by atoms with van der Waals surface area (Å²) in [6, 6.07) is 1.36. The topological polar surface area (TPSA) is 6.48 Å². The molecule has 0 fully saturated rings. The average Bonchev–Trinajstić information content (AvgIpc) is 2.57. The van der Waals surface area contributed by atoms with Crippen LogP contribution in [0.2, 0.25) is 6.04 Å². The molecule has 0 aromatic carbocycles. The van der Waals surface area contributed by atoms with E-state index in [9.17, 15) is 0 Å². The molecule has 23 heavy (non-hydrogen) atoms. The van der Waals surface area contributed by atoms with Gasteiger partial charge in [-0.3, -0.25) is 0 Å². The van der Waals surface area contributed by atoms with E-state index in [1.807, 2.05) is 0 Å². The highest BCUT2D eigenvalue weighted by Crippen LogP contribution is 2.26. The SMILES string of the molecule is C=C[Si](CCCC)(N(CCC)CCCC)N(CCC)CCCC. The van der Waals surface area contributed by atoms with E-state index in [4.69, 9.17) is 0 Å². The van der Waals surface area contributed by atoms with Crippen LogP contribution < -0.4 is 0 Å². The van der Waals surface area contributed by atoms with Gasteiger partial charge in [0.1, 0.15) is 0 Å². The molecule has 0 aromatic rings. The highest BCUT2D eigenvalue weighted by atomic mass is 28.3. The first-order valence-corrected chi connectivity index (χ1v) is 12.5. The minimum atomic E-state index is -1.74. The summed E-state index contributed by atoms with van der Waals surface area (Å²) in [6.07, 6.45) is 10.4. The van der Waals surface area contributed by atoms with Crippen LogP contribution in [0.3, 0.4) is 0 Å². The van der Waals surface area contributed by atoms with Crippen molar-refractivity contribution >= 4 is 8.40 Å². The van der Waals surface area contributed by atoms with E-state index < -0.39 is 8.40 Å². The minimum Gasteiger partial charge on any atom is -0.308 e. The van der Waals surface area contributed by atoms with Crippen LogP contribution in [-0.4, -0.2) is 43.7 Å². The first-order chi connectivity index (χ1) is 11.2. The largest absolute Gasteiger partial charge is 0.308 e. The number of hydrogen-bond donors (Lipinski definition) is 0. The summed E-state index contributed by atoms with van der Waals surface area (Å²) >= 11 is 0. The van der Waals surface area contributed by atoms with E-state index in [0.717, 1.165) is 0 Å². The Balaban J connectivity index is 5.52. The fraction of sp³-hybridized carbons (Fsp3) is 0.900. The van der Waals surface area contributed by atoms with Crippen LogP contribution in [0.4, 0.5) is 0 Å². The van der Waals surface area contributed by atoms with Gasteiger partial charge in [0.15, 0.2) is 0 Å². The highest BCUT2D eigenvalue weighted by Gasteiger charge is 2.41. The Morgan fingerprint density at radius 2 is 1.09 bits per heavy atom. The molecule has 0 heterocycles. The van der Waals surface area contributed by atoms with Crippen LogP contribution in [0, 0.1) is 0 Å². The van der Waals surface area contributed by atoms with E-state index in [0.29, 0.717) is 0 Å². The fourth-order valence-electron chi connectivity index (χ4n) is 3.55. The third-order valence-corrected chi connectivity index (χ3v) is 9.70. The predicted octanol–water partition coefficient (Wildman–Crippen LogP) is 5.98. The maximum atomic E-state index is 4.39. The zero-order valence-corrected chi connectivity index (χ0v) is 17.9. The van der Waals surface area contributed by atoms with E-state index in [-0.39, 0.29) is 0 Å². The van der Waals surface area contributed by atoms with Gasteiger partial charge in [-0.1, -0.05) is 66.0 Å². The van der Waals surface area contributed by atoms with Gasteiger partial charge in [0.2, 0.25) is 8.40 Å². The lowest BCUT2D eigenvalue weighted by atomic mass is 10.3. The summed E-state index contributed by atoms with van der Waals surface area (Å²) in [5.74, 6) is 0. The molecule has 0 unspecified atom stereocenters. The highest BCUT2D eigenvalue weighted by molar-refractivity contribution is 6.79. The third-order valence-electron chi connectivity index (χ3n) is 4.87. The van der Waals surface area contributed by atoms with Crippen LogP contribution in [0.15, 0.2) is 12.3 Å². The van der Waals surface area contributed by atoms with Crippen molar-refractivity contribution in [3.05, 3.63) is 12.3 Å². The van der Waals surface area contributed by atoms with Gasteiger partial charge in [-0.25, -0.2) is 0 Å². The first-order valence-electron chi connectivity index (χ1n) is 10.3. The molecule has 0 saturated heterocycles.